The first kappa shape index (κ1) is 20.7. The van der Waals surface area contributed by atoms with Crippen LogP contribution in [0.3, 0.4) is 0 Å². The van der Waals surface area contributed by atoms with E-state index in [-0.39, 0.29) is 16.2 Å². The smallest absolute Gasteiger partial charge is 0.0502 e. The Morgan fingerprint density at radius 1 is 0.600 bits per heavy atom. The number of benzene rings is 3. The Labute approximate surface area is 182 Å². The third kappa shape index (κ3) is 3.35. The minimum absolute atomic E-state index is 0.0710. The van der Waals surface area contributed by atoms with E-state index in [1.54, 1.807) is 0 Å². The zero-order chi connectivity index (χ0) is 21.9. The van der Waals surface area contributed by atoms with Gasteiger partial charge in [0.15, 0.2) is 0 Å². The van der Waals surface area contributed by atoms with Crippen LogP contribution in [0.25, 0.3) is 0 Å². The lowest BCUT2D eigenvalue weighted by Crippen LogP contribution is -2.32. The lowest BCUT2D eigenvalue weighted by Gasteiger charge is -2.43. The molecule has 0 aliphatic carbocycles. The van der Waals surface area contributed by atoms with Crippen molar-refractivity contribution in [1.29, 1.82) is 0 Å². The molecule has 1 heteroatoms. The van der Waals surface area contributed by atoms with Crippen molar-refractivity contribution in [3.8, 4) is 0 Å². The third-order valence-electron chi connectivity index (χ3n) is 6.57. The highest BCUT2D eigenvalue weighted by atomic mass is 15.2. The summed E-state index contributed by atoms with van der Waals surface area (Å²) >= 11 is 0. The van der Waals surface area contributed by atoms with Crippen molar-refractivity contribution in [2.75, 3.05) is 4.90 Å². The zero-order valence-corrected chi connectivity index (χ0v) is 19.8. The van der Waals surface area contributed by atoms with Crippen molar-refractivity contribution in [2.45, 2.75) is 71.6 Å². The standard InChI is InChI=1S/C29H35N/c1-27(2,3)20-14-16-25-23(18-20)29(7,8)24-19-21(28(4,5)6)15-17-26(24)30(25)22-12-10-9-11-13-22/h9-19H,1-8H3. The Morgan fingerprint density at radius 2 is 1.03 bits per heavy atom. The maximum Gasteiger partial charge on any atom is 0.0502 e. The van der Waals surface area contributed by atoms with E-state index in [1.165, 1.54) is 39.3 Å². The molecule has 1 aliphatic rings. The van der Waals surface area contributed by atoms with Gasteiger partial charge in [-0.15, -0.1) is 0 Å². The molecule has 4 rings (SSSR count). The molecule has 30 heavy (non-hydrogen) atoms. The number of rotatable bonds is 1. The highest BCUT2D eigenvalue weighted by Gasteiger charge is 2.38. The fraction of sp³-hybridized carbons (Fsp3) is 0.379. The topological polar surface area (TPSA) is 3.24 Å². The second-order valence-corrected chi connectivity index (χ2v) is 11.3. The molecule has 0 N–H and O–H groups in total. The zero-order valence-electron chi connectivity index (χ0n) is 19.8. The molecule has 156 valence electrons. The van der Waals surface area contributed by atoms with Crippen molar-refractivity contribution in [3.63, 3.8) is 0 Å². The maximum atomic E-state index is 2.44. The van der Waals surface area contributed by atoms with Crippen LogP contribution in [0.1, 0.15) is 77.6 Å². The van der Waals surface area contributed by atoms with E-state index < -0.39 is 0 Å². The first-order valence-corrected chi connectivity index (χ1v) is 11.1. The number of fused-ring (bicyclic) bond motifs is 2. The van der Waals surface area contributed by atoms with Gasteiger partial charge in [-0.25, -0.2) is 0 Å². The highest BCUT2D eigenvalue weighted by Crippen LogP contribution is 2.53. The summed E-state index contributed by atoms with van der Waals surface area (Å²) in [5.74, 6) is 0. The van der Waals surface area contributed by atoms with Crippen LogP contribution in [0, 0.1) is 0 Å². The molecule has 3 aromatic carbocycles. The van der Waals surface area contributed by atoms with E-state index in [0.29, 0.717) is 0 Å². The van der Waals surface area contributed by atoms with Gasteiger partial charge in [0.2, 0.25) is 0 Å². The van der Waals surface area contributed by atoms with Crippen LogP contribution in [0.2, 0.25) is 0 Å². The Balaban J connectivity index is 2.03. The van der Waals surface area contributed by atoms with Crippen molar-refractivity contribution < 1.29 is 0 Å². The fourth-order valence-corrected chi connectivity index (χ4v) is 4.53. The lowest BCUT2D eigenvalue weighted by atomic mass is 9.70. The number of anilines is 3. The number of para-hydroxylation sites is 1. The molecule has 3 aromatic rings. The highest BCUT2D eigenvalue weighted by molar-refractivity contribution is 5.86. The van der Waals surface area contributed by atoms with Crippen LogP contribution in [0.15, 0.2) is 66.7 Å². The predicted molar refractivity (Wildman–Crippen MR) is 131 cm³/mol. The van der Waals surface area contributed by atoms with Gasteiger partial charge in [-0.1, -0.05) is 97.9 Å². The van der Waals surface area contributed by atoms with E-state index in [0.717, 1.165) is 0 Å². The maximum absolute atomic E-state index is 2.44. The van der Waals surface area contributed by atoms with E-state index in [1.807, 2.05) is 0 Å². The van der Waals surface area contributed by atoms with Gasteiger partial charge >= 0.3 is 0 Å². The van der Waals surface area contributed by atoms with Crippen LogP contribution < -0.4 is 4.90 Å². The minimum atomic E-state index is -0.0710. The Hall–Kier alpha value is -2.54. The molecule has 0 aromatic heterocycles. The quantitative estimate of drug-likeness (QED) is 0.398. The first-order chi connectivity index (χ1) is 13.9. The molecule has 0 radical (unpaired) electrons. The van der Waals surface area contributed by atoms with Gasteiger partial charge in [-0.3, -0.25) is 0 Å². The Bertz CT molecular complexity index is 1010. The SMILES string of the molecule is CC(C)(C)c1ccc2c(c1)C(C)(C)c1cc(C(C)(C)C)ccc1N2c1ccccc1. The Kier molecular flexibility index (Phi) is 4.65. The molecule has 1 heterocycles. The summed E-state index contributed by atoms with van der Waals surface area (Å²) in [7, 11) is 0. The summed E-state index contributed by atoms with van der Waals surface area (Å²) in [6, 6.07) is 24.9. The molecule has 0 fully saturated rings. The molecule has 0 spiro atoms. The molecule has 1 aliphatic heterocycles. The molecule has 0 amide bonds. The van der Waals surface area contributed by atoms with Crippen molar-refractivity contribution in [2.24, 2.45) is 0 Å². The summed E-state index contributed by atoms with van der Waals surface area (Å²) in [5, 5.41) is 0. The molecular formula is C29H35N. The minimum Gasteiger partial charge on any atom is -0.310 e. The molecule has 1 nitrogen and oxygen atoms in total. The molecule has 0 atom stereocenters. The van der Waals surface area contributed by atoms with E-state index in [4.69, 9.17) is 0 Å². The largest absolute Gasteiger partial charge is 0.310 e. The number of hydrogen-bond donors (Lipinski definition) is 0. The lowest BCUT2D eigenvalue weighted by molar-refractivity contribution is 0.573. The summed E-state index contributed by atoms with van der Waals surface area (Å²) in [6.45, 7) is 18.5. The van der Waals surface area contributed by atoms with E-state index >= 15 is 0 Å². The van der Waals surface area contributed by atoms with E-state index in [2.05, 4.69) is 127 Å². The van der Waals surface area contributed by atoms with Gasteiger partial charge in [0.25, 0.3) is 0 Å². The molecule has 0 saturated carbocycles. The van der Waals surface area contributed by atoms with Crippen LogP contribution >= 0.6 is 0 Å². The average Bonchev–Trinajstić information content (AvgIpc) is 2.67. The van der Waals surface area contributed by atoms with Gasteiger partial charge in [0.05, 0.1) is 11.4 Å². The monoisotopic (exact) mass is 397 g/mol. The van der Waals surface area contributed by atoms with Crippen LogP contribution in [0.4, 0.5) is 17.1 Å². The Morgan fingerprint density at radius 3 is 1.43 bits per heavy atom. The van der Waals surface area contributed by atoms with Gasteiger partial charge in [0.1, 0.15) is 0 Å². The van der Waals surface area contributed by atoms with Crippen molar-refractivity contribution in [3.05, 3.63) is 89.0 Å². The number of hydrogen-bond acceptors (Lipinski definition) is 1. The van der Waals surface area contributed by atoms with E-state index in [9.17, 15) is 0 Å². The number of nitrogens with zero attached hydrogens (tertiary/aromatic N) is 1. The van der Waals surface area contributed by atoms with Gasteiger partial charge < -0.3 is 4.90 Å². The predicted octanol–water partition coefficient (Wildman–Crippen LogP) is 8.39. The van der Waals surface area contributed by atoms with Gasteiger partial charge in [-0.2, -0.15) is 0 Å². The molecule has 0 saturated heterocycles. The van der Waals surface area contributed by atoms with Crippen LogP contribution in [0.5, 0.6) is 0 Å². The summed E-state index contributed by atoms with van der Waals surface area (Å²) < 4.78 is 0. The molecule has 0 bridgehead atoms. The molecular weight excluding hydrogens is 362 g/mol. The third-order valence-corrected chi connectivity index (χ3v) is 6.57. The first-order valence-electron chi connectivity index (χ1n) is 11.1. The summed E-state index contributed by atoms with van der Waals surface area (Å²) in [5.41, 5.74) is 9.53. The summed E-state index contributed by atoms with van der Waals surface area (Å²) in [4.78, 5) is 2.44. The second kappa shape index (κ2) is 6.74. The van der Waals surface area contributed by atoms with Crippen molar-refractivity contribution in [1.82, 2.24) is 0 Å². The van der Waals surface area contributed by atoms with Gasteiger partial charge in [-0.05, 0) is 57.3 Å². The van der Waals surface area contributed by atoms with Crippen LogP contribution in [-0.2, 0) is 16.2 Å². The van der Waals surface area contributed by atoms with Crippen LogP contribution in [-0.4, -0.2) is 0 Å². The second-order valence-electron chi connectivity index (χ2n) is 11.3. The normalized spacial score (nSPS) is 15.5. The van der Waals surface area contributed by atoms with Crippen molar-refractivity contribution >= 4 is 17.1 Å². The molecule has 0 unspecified atom stereocenters. The van der Waals surface area contributed by atoms with Gasteiger partial charge in [0, 0.05) is 11.1 Å². The summed E-state index contributed by atoms with van der Waals surface area (Å²) in [6.07, 6.45) is 0. The average molecular weight is 398 g/mol. The fourth-order valence-electron chi connectivity index (χ4n) is 4.53.